The van der Waals surface area contributed by atoms with E-state index in [4.69, 9.17) is 0 Å². The van der Waals surface area contributed by atoms with Gasteiger partial charge in [-0.3, -0.25) is 4.79 Å². The highest BCUT2D eigenvalue weighted by atomic mass is 32.2. The number of thiophene rings is 1. The van der Waals surface area contributed by atoms with Crippen molar-refractivity contribution < 1.29 is 18.3 Å². The van der Waals surface area contributed by atoms with Gasteiger partial charge in [0.25, 0.3) is 0 Å². The van der Waals surface area contributed by atoms with E-state index in [1.54, 1.807) is 0 Å². The van der Waals surface area contributed by atoms with Crippen molar-refractivity contribution in [2.45, 2.75) is 102 Å². The molecule has 0 radical (unpaired) electrons. The topological polar surface area (TPSA) is 83.5 Å². The van der Waals surface area contributed by atoms with E-state index in [9.17, 15) is 18.3 Å². The third-order valence-corrected chi connectivity index (χ3v) is 15.3. The Bertz CT molecular complexity index is 1300. The summed E-state index contributed by atoms with van der Waals surface area (Å²) in [6, 6.07) is 9.72. The second-order valence-electron chi connectivity index (χ2n) is 14.0. The van der Waals surface area contributed by atoms with E-state index in [0.29, 0.717) is 32.8 Å². The van der Waals surface area contributed by atoms with Gasteiger partial charge in [0.15, 0.2) is 0 Å². The third kappa shape index (κ3) is 4.78. The van der Waals surface area contributed by atoms with Crippen LogP contribution >= 0.6 is 11.3 Å². The van der Waals surface area contributed by atoms with E-state index < -0.39 is 16.0 Å². The lowest BCUT2D eigenvalue weighted by atomic mass is 9.44. The summed E-state index contributed by atoms with van der Waals surface area (Å²) in [5.41, 5.74) is 0.649. The van der Waals surface area contributed by atoms with Gasteiger partial charge in [0, 0.05) is 17.2 Å². The van der Waals surface area contributed by atoms with Gasteiger partial charge in [0.2, 0.25) is 10.0 Å². The predicted molar refractivity (Wildman–Crippen MR) is 157 cm³/mol. The molecule has 1 aromatic carbocycles. The second kappa shape index (κ2) is 10.1. The number of hydrogen-bond donors (Lipinski definition) is 2. The molecule has 214 valence electrons. The van der Waals surface area contributed by atoms with Gasteiger partial charge in [-0.2, -0.15) is 0 Å². The zero-order valence-electron chi connectivity index (χ0n) is 23.7. The van der Waals surface area contributed by atoms with Gasteiger partial charge in [-0.15, -0.1) is 11.3 Å². The maximum absolute atomic E-state index is 13.3. The average Bonchev–Trinajstić information content (AvgIpc) is 3.49. The molecule has 2 aromatic rings. The summed E-state index contributed by atoms with van der Waals surface area (Å²) in [6.45, 7) is 7.37. The molecule has 2 N–H and O–H groups in total. The van der Waals surface area contributed by atoms with E-state index >= 15 is 0 Å². The molecule has 0 spiro atoms. The standard InChI is InChI=1S/C32H45NO4S2/c1-20(8-13-29(34)35)25-11-12-26-24-10-9-22-19-23(14-16-31(22,2)27(24)15-17-32(25,26)3)33-39(36,37)30-18-21-6-4-5-7-28(21)38-30/h4-7,18,20,22-27,33H,8-17,19H2,1-3H3,(H,34,35)/t20-,22-,23?,24+,25?,26+,27+,31+,32-/m1/s1. The van der Waals surface area contributed by atoms with E-state index in [-0.39, 0.29) is 12.5 Å². The quantitative estimate of drug-likeness (QED) is 0.357. The summed E-state index contributed by atoms with van der Waals surface area (Å²) in [7, 11) is -3.52. The van der Waals surface area contributed by atoms with Gasteiger partial charge >= 0.3 is 5.97 Å². The Balaban J connectivity index is 1.13. The first-order valence-electron chi connectivity index (χ1n) is 15.2. The van der Waals surface area contributed by atoms with Gasteiger partial charge in [-0.05, 0) is 128 Å². The predicted octanol–water partition coefficient (Wildman–Crippen LogP) is 7.71. The molecule has 4 aliphatic carbocycles. The number of fused-ring (bicyclic) bond motifs is 6. The third-order valence-electron chi connectivity index (χ3n) is 12.2. The number of aliphatic carboxylic acids is 1. The highest BCUT2D eigenvalue weighted by Crippen LogP contribution is 2.68. The molecule has 5 nitrogen and oxygen atoms in total. The highest BCUT2D eigenvalue weighted by molar-refractivity contribution is 7.91. The summed E-state index contributed by atoms with van der Waals surface area (Å²) >= 11 is 1.36. The van der Waals surface area contributed by atoms with E-state index in [0.717, 1.165) is 53.5 Å². The Morgan fingerprint density at radius 3 is 2.56 bits per heavy atom. The zero-order chi connectivity index (χ0) is 27.6. The fraction of sp³-hybridized carbons (Fsp3) is 0.719. The van der Waals surface area contributed by atoms with Crippen molar-refractivity contribution in [1.82, 2.24) is 4.72 Å². The molecule has 0 aliphatic heterocycles. The van der Waals surface area contributed by atoms with Crippen molar-refractivity contribution in [3.8, 4) is 0 Å². The Morgan fingerprint density at radius 2 is 1.79 bits per heavy atom. The largest absolute Gasteiger partial charge is 0.481 e. The first-order valence-corrected chi connectivity index (χ1v) is 17.5. The lowest BCUT2D eigenvalue weighted by molar-refractivity contribution is -0.137. The van der Waals surface area contributed by atoms with Crippen LogP contribution in [0.5, 0.6) is 0 Å². The minimum atomic E-state index is -3.52. The van der Waals surface area contributed by atoms with E-state index in [1.807, 2.05) is 30.3 Å². The molecule has 1 aromatic heterocycles. The molecule has 0 bridgehead atoms. The normalized spacial score (nSPS) is 39.1. The molecule has 4 saturated carbocycles. The number of nitrogens with one attached hydrogen (secondary N) is 1. The maximum Gasteiger partial charge on any atom is 0.303 e. The Hall–Kier alpha value is -1.44. The van der Waals surface area contributed by atoms with Crippen LogP contribution in [0.2, 0.25) is 0 Å². The van der Waals surface area contributed by atoms with Crippen molar-refractivity contribution in [3.05, 3.63) is 30.3 Å². The van der Waals surface area contributed by atoms with Crippen LogP contribution in [0.3, 0.4) is 0 Å². The van der Waals surface area contributed by atoms with Crippen molar-refractivity contribution in [1.29, 1.82) is 0 Å². The molecule has 4 fully saturated rings. The molecule has 0 amide bonds. The average molecular weight is 572 g/mol. The SMILES string of the molecule is C[C@H](CCC(=O)O)C1CC[C@H]2[C@@H]3CC[C@@H]4CC(NS(=O)(=O)c5cc6ccccc6s5)CC[C@]4(C)[C@H]3CC[C@]12C. The van der Waals surface area contributed by atoms with Crippen LogP contribution < -0.4 is 4.72 Å². The van der Waals surface area contributed by atoms with Gasteiger partial charge in [-0.25, -0.2) is 13.1 Å². The number of rotatable bonds is 7. The van der Waals surface area contributed by atoms with Crippen LogP contribution in [0.4, 0.5) is 0 Å². The van der Waals surface area contributed by atoms with Crippen LogP contribution in [0.25, 0.3) is 10.1 Å². The van der Waals surface area contributed by atoms with Gasteiger partial charge in [0.1, 0.15) is 4.21 Å². The molecule has 6 rings (SSSR count). The first kappa shape index (κ1) is 27.7. The second-order valence-corrected chi connectivity index (χ2v) is 17.0. The van der Waals surface area contributed by atoms with E-state index in [1.165, 1.54) is 49.9 Å². The molecule has 9 atom stereocenters. The van der Waals surface area contributed by atoms with Gasteiger partial charge < -0.3 is 5.11 Å². The molecule has 2 unspecified atom stereocenters. The number of hydrogen-bond acceptors (Lipinski definition) is 4. The summed E-state index contributed by atoms with van der Waals surface area (Å²) in [4.78, 5) is 11.2. The lowest BCUT2D eigenvalue weighted by Crippen LogP contribution is -2.55. The van der Waals surface area contributed by atoms with Crippen LogP contribution in [-0.4, -0.2) is 25.5 Å². The smallest absolute Gasteiger partial charge is 0.303 e. The minimum absolute atomic E-state index is 0.0228. The van der Waals surface area contributed by atoms with Crippen LogP contribution in [0, 0.1) is 46.3 Å². The highest BCUT2D eigenvalue weighted by Gasteiger charge is 2.60. The molecule has 39 heavy (non-hydrogen) atoms. The molecule has 0 saturated heterocycles. The molecular weight excluding hydrogens is 526 g/mol. The van der Waals surface area contributed by atoms with Crippen LogP contribution in [0.1, 0.15) is 91.4 Å². The number of carbonyl (C=O) groups is 1. The van der Waals surface area contributed by atoms with Crippen molar-refractivity contribution in [2.24, 2.45) is 46.3 Å². The Morgan fingerprint density at radius 1 is 1.05 bits per heavy atom. The molecule has 1 heterocycles. The lowest BCUT2D eigenvalue weighted by Gasteiger charge is -2.61. The van der Waals surface area contributed by atoms with Crippen LogP contribution in [-0.2, 0) is 14.8 Å². The van der Waals surface area contributed by atoms with Crippen LogP contribution in [0.15, 0.2) is 34.5 Å². The summed E-state index contributed by atoms with van der Waals surface area (Å²) < 4.78 is 31.2. The van der Waals surface area contributed by atoms with Crippen molar-refractivity contribution >= 4 is 37.4 Å². The molecule has 7 heteroatoms. The Kier molecular flexibility index (Phi) is 7.20. The zero-order valence-corrected chi connectivity index (χ0v) is 25.3. The summed E-state index contributed by atoms with van der Waals surface area (Å²) in [6.07, 6.45) is 11.7. The monoisotopic (exact) mass is 571 g/mol. The van der Waals surface area contributed by atoms with Crippen molar-refractivity contribution in [2.75, 3.05) is 0 Å². The molecule has 4 aliphatic rings. The number of benzene rings is 1. The summed E-state index contributed by atoms with van der Waals surface area (Å²) in [5, 5.41) is 10.2. The number of carboxylic acid groups (broad SMARTS) is 1. The first-order chi connectivity index (χ1) is 18.5. The fourth-order valence-corrected chi connectivity index (χ4v) is 13.0. The molecular formula is C32H45NO4S2. The number of sulfonamides is 1. The Labute approximate surface area is 238 Å². The maximum atomic E-state index is 13.3. The fourth-order valence-electron chi connectivity index (χ4n) is 10.3. The minimum Gasteiger partial charge on any atom is -0.481 e. The van der Waals surface area contributed by atoms with E-state index in [2.05, 4.69) is 25.5 Å². The van der Waals surface area contributed by atoms with Crippen molar-refractivity contribution in [3.63, 3.8) is 0 Å². The number of carboxylic acids is 1. The summed E-state index contributed by atoms with van der Waals surface area (Å²) in [5.74, 6) is 3.31. The van der Waals surface area contributed by atoms with Gasteiger partial charge in [0.05, 0.1) is 0 Å². The van der Waals surface area contributed by atoms with Gasteiger partial charge in [-0.1, -0.05) is 39.0 Å².